The van der Waals surface area contributed by atoms with Crippen molar-refractivity contribution in [1.29, 1.82) is 0 Å². The van der Waals surface area contributed by atoms with Crippen molar-refractivity contribution in [3.05, 3.63) is 89.1 Å². The van der Waals surface area contributed by atoms with Crippen LogP contribution in [0.5, 0.6) is 0 Å². The Morgan fingerprint density at radius 2 is 1.79 bits per heavy atom. The van der Waals surface area contributed by atoms with E-state index in [0.29, 0.717) is 23.5 Å². The van der Waals surface area contributed by atoms with Crippen LogP contribution in [-0.4, -0.2) is 24.0 Å². The summed E-state index contributed by atoms with van der Waals surface area (Å²) >= 11 is 0. The lowest BCUT2D eigenvalue weighted by atomic mass is 10.1. The van der Waals surface area contributed by atoms with Gasteiger partial charge in [-0.3, -0.25) is 4.79 Å². The van der Waals surface area contributed by atoms with Gasteiger partial charge in [-0.2, -0.15) is 0 Å². The lowest BCUT2D eigenvalue weighted by Crippen LogP contribution is -2.22. The molecule has 0 saturated carbocycles. The molecule has 6 nitrogen and oxygen atoms in total. The standard InChI is InChI=1S/C22H21N3O3/c1-15-4-3-5-16(12-15)14-24-21(26)18-10-11-23-20(13-18)25-19-8-6-17(7-9-19)22(27)28-2/h3-13H,14H2,1-2H3,(H,23,25)(H,24,26). The Balaban J connectivity index is 1.64. The molecule has 1 amide bonds. The molecule has 0 saturated heterocycles. The molecular formula is C22H21N3O3. The minimum absolute atomic E-state index is 0.173. The molecule has 0 bridgehead atoms. The van der Waals surface area contributed by atoms with Crippen LogP contribution in [0.3, 0.4) is 0 Å². The molecule has 3 aromatic rings. The minimum atomic E-state index is -0.392. The summed E-state index contributed by atoms with van der Waals surface area (Å²) in [5.41, 5.74) is 3.92. The summed E-state index contributed by atoms with van der Waals surface area (Å²) in [5, 5.41) is 6.04. The predicted octanol–water partition coefficient (Wildman–Crippen LogP) is 3.85. The third-order valence-corrected chi connectivity index (χ3v) is 4.14. The maximum atomic E-state index is 12.4. The lowest BCUT2D eigenvalue weighted by molar-refractivity contribution is 0.0600. The van der Waals surface area contributed by atoms with Gasteiger partial charge in [0.2, 0.25) is 0 Å². The van der Waals surface area contributed by atoms with Gasteiger partial charge in [-0.25, -0.2) is 9.78 Å². The summed E-state index contributed by atoms with van der Waals surface area (Å²) in [7, 11) is 1.34. The Morgan fingerprint density at radius 3 is 2.50 bits per heavy atom. The number of esters is 1. The van der Waals surface area contributed by atoms with E-state index in [4.69, 9.17) is 0 Å². The van der Waals surface area contributed by atoms with Gasteiger partial charge in [0.05, 0.1) is 12.7 Å². The van der Waals surface area contributed by atoms with Crippen molar-refractivity contribution in [3.8, 4) is 0 Å². The quantitative estimate of drug-likeness (QED) is 0.640. The molecule has 1 aromatic heterocycles. The van der Waals surface area contributed by atoms with Crippen LogP contribution in [0.25, 0.3) is 0 Å². The van der Waals surface area contributed by atoms with Crippen molar-refractivity contribution >= 4 is 23.4 Å². The zero-order chi connectivity index (χ0) is 19.9. The molecule has 1 heterocycles. The molecule has 2 aromatic carbocycles. The normalized spacial score (nSPS) is 10.2. The van der Waals surface area contributed by atoms with Gasteiger partial charge in [0.1, 0.15) is 5.82 Å². The molecule has 142 valence electrons. The van der Waals surface area contributed by atoms with E-state index in [-0.39, 0.29) is 5.91 Å². The molecule has 2 N–H and O–H groups in total. The van der Waals surface area contributed by atoms with E-state index in [1.807, 2.05) is 31.2 Å². The topological polar surface area (TPSA) is 80.3 Å². The van der Waals surface area contributed by atoms with Gasteiger partial charge in [0, 0.05) is 24.0 Å². The molecule has 3 rings (SSSR count). The number of hydrogen-bond donors (Lipinski definition) is 2. The second kappa shape index (κ2) is 8.81. The van der Waals surface area contributed by atoms with Gasteiger partial charge >= 0.3 is 5.97 Å². The number of carbonyl (C=O) groups excluding carboxylic acids is 2. The van der Waals surface area contributed by atoms with Crippen LogP contribution in [0.1, 0.15) is 31.8 Å². The number of aryl methyl sites for hydroxylation is 1. The molecule has 0 unspecified atom stereocenters. The first-order valence-corrected chi connectivity index (χ1v) is 8.80. The number of amides is 1. The fourth-order valence-electron chi connectivity index (χ4n) is 2.70. The molecule has 6 heteroatoms. The van der Waals surface area contributed by atoms with Crippen molar-refractivity contribution in [2.45, 2.75) is 13.5 Å². The van der Waals surface area contributed by atoms with Crippen LogP contribution in [-0.2, 0) is 11.3 Å². The van der Waals surface area contributed by atoms with E-state index in [2.05, 4.69) is 20.4 Å². The molecule has 0 aliphatic carbocycles. The number of nitrogens with zero attached hydrogens (tertiary/aromatic N) is 1. The molecule has 28 heavy (non-hydrogen) atoms. The first-order chi connectivity index (χ1) is 13.5. The smallest absolute Gasteiger partial charge is 0.337 e. The van der Waals surface area contributed by atoms with Crippen molar-refractivity contribution in [1.82, 2.24) is 10.3 Å². The van der Waals surface area contributed by atoms with Crippen LogP contribution in [0.15, 0.2) is 66.9 Å². The SMILES string of the molecule is COC(=O)c1ccc(Nc2cc(C(=O)NCc3cccc(C)c3)ccn2)cc1. The fourth-order valence-corrected chi connectivity index (χ4v) is 2.70. The number of benzene rings is 2. The first-order valence-electron chi connectivity index (χ1n) is 8.80. The Labute approximate surface area is 163 Å². The van der Waals surface area contributed by atoms with Crippen LogP contribution >= 0.6 is 0 Å². The second-order valence-electron chi connectivity index (χ2n) is 6.30. The van der Waals surface area contributed by atoms with E-state index in [1.54, 1.807) is 42.6 Å². The number of rotatable bonds is 6. The zero-order valence-corrected chi connectivity index (χ0v) is 15.7. The number of carbonyl (C=O) groups is 2. The van der Waals surface area contributed by atoms with Crippen molar-refractivity contribution in [2.24, 2.45) is 0 Å². The highest BCUT2D eigenvalue weighted by Gasteiger charge is 2.08. The molecule has 0 radical (unpaired) electrons. The number of hydrogen-bond acceptors (Lipinski definition) is 5. The summed E-state index contributed by atoms with van der Waals surface area (Å²) in [5.74, 6) is -0.0287. The third kappa shape index (κ3) is 4.94. The molecule has 0 spiro atoms. The lowest BCUT2D eigenvalue weighted by Gasteiger charge is -2.09. The molecule has 0 aliphatic rings. The summed E-state index contributed by atoms with van der Waals surface area (Å²) < 4.78 is 4.68. The Bertz CT molecular complexity index is 984. The largest absolute Gasteiger partial charge is 0.465 e. The van der Waals surface area contributed by atoms with Crippen molar-refractivity contribution in [3.63, 3.8) is 0 Å². The van der Waals surface area contributed by atoms with Gasteiger partial charge in [-0.15, -0.1) is 0 Å². The van der Waals surface area contributed by atoms with Gasteiger partial charge in [0.25, 0.3) is 5.91 Å². The van der Waals surface area contributed by atoms with Gasteiger partial charge < -0.3 is 15.4 Å². The van der Waals surface area contributed by atoms with Gasteiger partial charge in [0.15, 0.2) is 0 Å². The number of aromatic nitrogens is 1. The minimum Gasteiger partial charge on any atom is -0.465 e. The van der Waals surface area contributed by atoms with E-state index in [1.165, 1.54) is 7.11 Å². The predicted molar refractivity (Wildman–Crippen MR) is 108 cm³/mol. The summed E-state index contributed by atoms with van der Waals surface area (Å²) in [4.78, 5) is 28.2. The number of nitrogens with one attached hydrogen (secondary N) is 2. The Kier molecular flexibility index (Phi) is 6.01. The highest BCUT2D eigenvalue weighted by Crippen LogP contribution is 2.17. The van der Waals surface area contributed by atoms with Gasteiger partial charge in [-0.1, -0.05) is 29.8 Å². The van der Waals surface area contributed by atoms with E-state index < -0.39 is 5.97 Å². The van der Waals surface area contributed by atoms with E-state index >= 15 is 0 Å². The highest BCUT2D eigenvalue weighted by molar-refractivity contribution is 5.95. The van der Waals surface area contributed by atoms with E-state index in [9.17, 15) is 9.59 Å². The van der Waals surface area contributed by atoms with E-state index in [0.717, 1.165) is 16.8 Å². The second-order valence-corrected chi connectivity index (χ2v) is 6.30. The fraction of sp³-hybridized carbons (Fsp3) is 0.136. The summed E-state index contributed by atoms with van der Waals surface area (Å²) in [6.07, 6.45) is 1.58. The number of pyridine rings is 1. The molecular weight excluding hydrogens is 354 g/mol. The van der Waals surface area contributed by atoms with Crippen LogP contribution in [0, 0.1) is 6.92 Å². The maximum absolute atomic E-state index is 12.4. The maximum Gasteiger partial charge on any atom is 0.337 e. The Morgan fingerprint density at radius 1 is 1.00 bits per heavy atom. The molecule has 0 fully saturated rings. The Hall–Kier alpha value is -3.67. The number of ether oxygens (including phenoxy) is 1. The monoisotopic (exact) mass is 375 g/mol. The van der Waals surface area contributed by atoms with Crippen molar-refractivity contribution < 1.29 is 14.3 Å². The molecule has 0 aliphatic heterocycles. The summed E-state index contributed by atoms with van der Waals surface area (Å²) in [6.45, 7) is 2.48. The molecule has 0 atom stereocenters. The average Bonchev–Trinajstić information content (AvgIpc) is 2.72. The number of anilines is 2. The summed E-state index contributed by atoms with van der Waals surface area (Å²) in [6, 6.07) is 18.2. The first kappa shape index (κ1) is 19.1. The third-order valence-electron chi connectivity index (χ3n) is 4.14. The average molecular weight is 375 g/mol. The highest BCUT2D eigenvalue weighted by atomic mass is 16.5. The number of methoxy groups -OCH3 is 1. The zero-order valence-electron chi connectivity index (χ0n) is 15.7. The van der Waals surface area contributed by atoms with Crippen LogP contribution in [0.2, 0.25) is 0 Å². The van der Waals surface area contributed by atoms with Crippen LogP contribution in [0.4, 0.5) is 11.5 Å². The van der Waals surface area contributed by atoms with Crippen molar-refractivity contribution in [2.75, 3.05) is 12.4 Å². The van der Waals surface area contributed by atoms with Crippen LogP contribution < -0.4 is 10.6 Å². The van der Waals surface area contributed by atoms with Gasteiger partial charge in [-0.05, 0) is 48.9 Å².